The molecule has 8 heteroatoms. The molecule has 1 saturated heterocycles. The van der Waals surface area contributed by atoms with E-state index in [2.05, 4.69) is 22.3 Å². The highest BCUT2D eigenvalue weighted by Crippen LogP contribution is 2.07. The first-order valence-electron chi connectivity index (χ1n) is 8.57. The first-order chi connectivity index (χ1) is 11.7. The van der Waals surface area contributed by atoms with Gasteiger partial charge in [-0.25, -0.2) is 0 Å². The highest BCUT2D eigenvalue weighted by atomic mass is 35.5. The van der Waals surface area contributed by atoms with Crippen molar-refractivity contribution < 1.29 is 14.3 Å². The Balaban J connectivity index is 0.00000312. The largest absolute Gasteiger partial charge is 0.380 e. The number of halogens is 2. The van der Waals surface area contributed by atoms with Gasteiger partial charge in [-0.15, -0.1) is 24.8 Å². The number of ether oxygens (including phenoxy) is 2. The number of carbonyl (C=O) groups excluding carboxylic acids is 1. The van der Waals surface area contributed by atoms with E-state index in [0.717, 1.165) is 39.3 Å². The fraction of sp³-hybridized carbons (Fsp3) is 0.611. The standard InChI is InChI=1S/C18H29N3O3.2ClH/c1-23-17(13-19)12-18(22)20-16(11-15-5-3-2-4-6-15)14-21-7-9-24-10-8-21;;/h2-6,16-17H,7-14,19H2,1H3,(H,20,22);2*1H. The van der Waals surface area contributed by atoms with E-state index in [-0.39, 0.29) is 42.9 Å². The number of nitrogens with zero attached hydrogens (tertiary/aromatic N) is 1. The average molecular weight is 408 g/mol. The Morgan fingerprint density at radius 1 is 1.27 bits per heavy atom. The SMILES string of the molecule is COC(CN)CC(=O)NC(Cc1ccccc1)CN1CCOCC1.Cl.Cl. The number of amides is 1. The Labute approximate surface area is 168 Å². The molecule has 1 aliphatic rings. The molecule has 0 bridgehead atoms. The van der Waals surface area contributed by atoms with Crippen LogP contribution in [0.25, 0.3) is 0 Å². The average Bonchev–Trinajstić information content (AvgIpc) is 2.61. The highest BCUT2D eigenvalue weighted by molar-refractivity contribution is 5.85. The summed E-state index contributed by atoms with van der Waals surface area (Å²) >= 11 is 0. The fourth-order valence-electron chi connectivity index (χ4n) is 2.91. The quantitative estimate of drug-likeness (QED) is 0.643. The molecule has 0 spiro atoms. The monoisotopic (exact) mass is 407 g/mol. The van der Waals surface area contributed by atoms with E-state index in [1.807, 2.05) is 18.2 Å². The third-order valence-corrected chi connectivity index (χ3v) is 4.28. The molecule has 0 aliphatic carbocycles. The van der Waals surface area contributed by atoms with E-state index in [0.29, 0.717) is 13.0 Å². The van der Waals surface area contributed by atoms with E-state index < -0.39 is 0 Å². The Hall–Kier alpha value is -0.890. The van der Waals surface area contributed by atoms with Gasteiger partial charge in [-0.3, -0.25) is 9.69 Å². The number of rotatable bonds is 9. The van der Waals surface area contributed by atoms with Crippen LogP contribution in [0.4, 0.5) is 0 Å². The number of morpholine rings is 1. The number of nitrogens with two attached hydrogens (primary N) is 1. The first kappa shape index (κ1) is 25.1. The summed E-state index contributed by atoms with van der Waals surface area (Å²) in [5, 5.41) is 3.15. The number of hydrogen-bond donors (Lipinski definition) is 2. The molecule has 0 saturated carbocycles. The second-order valence-corrected chi connectivity index (χ2v) is 6.16. The van der Waals surface area contributed by atoms with E-state index in [1.165, 1.54) is 5.56 Å². The molecule has 0 aromatic heterocycles. The molecule has 1 aromatic carbocycles. The van der Waals surface area contributed by atoms with Crippen LogP contribution in [0, 0.1) is 0 Å². The van der Waals surface area contributed by atoms with Gasteiger partial charge in [-0.05, 0) is 12.0 Å². The summed E-state index contributed by atoms with van der Waals surface area (Å²) < 4.78 is 10.6. The zero-order valence-corrected chi connectivity index (χ0v) is 16.9. The first-order valence-corrected chi connectivity index (χ1v) is 8.57. The molecular weight excluding hydrogens is 377 g/mol. The molecule has 0 radical (unpaired) electrons. The van der Waals surface area contributed by atoms with Crippen molar-refractivity contribution in [2.75, 3.05) is 46.5 Å². The Morgan fingerprint density at radius 2 is 1.92 bits per heavy atom. The van der Waals surface area contributed by atoms with Crippen LogP contribution < -0.4 is 11.1 Å². The molecule has 6 nitrogen and oxygen atoms in total. The fourth-order valence-corrected chi connectivity index (χ4v) is 2.91. The van der Waals surface area contributed by atoms with Crippen LogP contribution >= 0.6 is 24.8 Å². The van der Waals surface area contributed by atoms with Gasteiger partial charge in [0.15, 0.2) is 0 Å². The van der Waals surface area contributed by atoms with Crippen LogP contribution in [0.15, 0.2) is 30.3 Å². The number of benzene rings is 1. The number of hydrogen-bond acceptors (Lipinski definition) is 5. The minimum Gasteiger partial charge on any atom is -0.380 e. The van der Waals surface area contributed by atoms with Gasteiger partial charge in [0, 0.05) is 39.3 Å². The van der Waals surface area contributed by atoms with Gasteiger partial charge >= 0.3 is 0 Å². The lowest BCUT2D eigenvalue weighted by molar-refractivity contribution is -0.124. The lowest BCUT2D eigenvalue weighted by atomic mass is 10.0. The van der Waals surface area contributed by atoms with Gasteiger partial charge in [0.2, 0.25) is 5.91 Å². The summed E-state index contributed by atoms with van der Waals surface area (Å²) in [4.78, 5) is 14.7. The van der Waals surface area contributed by atoms with Crippen molar-refractivity contribution >= 4 is 30.7 Å². The van der Waals surface area contributed by atoms with Gasteiger partial charge in [0.25, 0.3) is 0 Å². The molecule has 1 aliphatic heterocycles. The van der Waals surface area contributed by atoms with Crippen molar-refractivity contribution in [3.05, 3.63) is 35.9 Å². The molecule has 2 unspecified atom stereocenters. The van der Waals surface area contributed by atoms with Crippen LogP contribution in [0.2, 0.25) is 0 Å². The molecule has 3 N–H and O–H groups in total. The van der Waals surface area contributed by atoms with Crippen LogP contribution in [0.3, 0.4) is 0 Å². The minimum absolute atomic E-state index is 0. The Bertz CT molecular complexity index is 484. The minimum atomic E-state index is -0.231. The van der Waals surface area contributed by atoms with Crippen molar-refractivity contribution in [3.8, 4) is 0 Å². The van der Waals surface area contributed by atoms with E-state index >= 15 is 0 Å². The maximum atomic E-state index is 12.3. The second kappa shape index (κ2) is 14.2. The van der Waals surface area contributed by atoms with E-state index in [9.17, 15) is 4.79 Å². The summed E-state index contributed by atoms with van der Waals surface area (Å²) in [6.07, 6.45) is 0.872. The maximum absolute atomic E-state index is 12.3. The Kier molecular flexibility index (Phi) is 13.7. The van der Waals surface area contributed by atoms with Crippen molar-refractivity contribution in [1.82, 2.24) is 10.2 Å². The zero-order chi connectivity index (χ0) is 17.2. The van der Waals surface area contributed by atoms with Crippen LogP contribution in [-0.2, 0) is 20.7 Å². The molecule has 2 rings (SSSR count). The zero-order valence-electron chi connectivity index (χ0n) is 15.3. The molecule has 1 heterocycles. The second-order valence-electron chi connectivity index (χ2n) is 6.16. The lowest BCUT2D eigenvalue weighted by Gasteiger charge is -2.31. The molecule has 1 amide bonds. The van der Waals surface area contributed by atoms with Crippen molar-refractivity contribution in [2.24, 2.45) is 5.73 Å². The summed E-state index contributed by atoms with van der Waals surface area (Å²) in [7, 11) is 1.58. The van der Waals surface area contributed by atoms with Gasteiger partial charge in [-0.1, -0.05) is 30.3 Å². The van der Waals surface area contributed by atoms with Gasteiger partial charge in [0.1, 0.15) is 0 Å². The third kappa shape index (κ3) is 9.16. The van der Waals surface area contributed by atoms with Gasteiger partial charge in [-0.2, -0.15) is 0 Å². The summed E-state index contributed by atoms with van der Waals surface area (Å²) in [6.45, 7) is 4.49. The van der Waals surface area contributed by atoms with Crippen molar-refractivity contribution in [1.29, 1.82) is 0 Å². The van der Waals surface area contributed by atoms with Crippen molar-refractivity contribution in [2.45, 2.75) is 25.0 Å². The normalized spacial score (nSPS) is 16.7. The maximum Gasteiger partial charge on any atom is 0.222 e. The number of carbonyl (C=O) groups is 1. The molecule has 2 atom stereocenters. The molecule has 1 fully saturated rings. The smallest absolute Gasteiger partial charge is 0.222 e. The van der Waals surface area contributed by atoms with Crippen LogP contribution in [0.5, 0.6) is 0 Å². The molecule has 26 heavy (non-hydrogen) atoms. The van der Waals surface area contributed by atoms with Gasteiger partial charge < -0.3 is 20.5 Å². The predicted molar refractivity (Wildman–Crippen MR) is 108 cm³/mol. The topological polar surface area (TPSA) is 76.8 Å². The summed E-state index contributed by atoms with van der Waals surface area (Å²) in [6, 6.07) is 10.3. The summed E-state index contributed by atoms with van der Waals surface area (Å²) in [5.41, 5.74) is 6.83. The number of nitrogens with one attached hydrogen (secondary N) is 1. The predicted octanol–water partition coefficient (Wildman–Crippen LogP) is 1.25. The van der Waals surface area contributed by atoms with E-state index in [4.69, 9.17) is 15.2 Å². The van der Waals surface area contributed by atoms with Crippen LogP contribution in [-0.4, -0.2) is 69.5 Å². The molecular formula is C18H31Cl2N3O3. The Morgan fingerprint density at radius 3 is 2.50 bits per heavy atom. The highest BCUT2D eigenvalue weighted by Gasteiger charge is 2.20. The molecule has 150 valence electrons. The van der Waals surface area contributed by atoms with Gasteiger partial charge in [0.05, 0.1) is 25.7 Å². The lowest BCUT2D eigenvalue weighted by Crippen LogP contribution is -2.49. The van der Waals surface area contributed by atoms with E-state index in [1.54, 1.807) is 7.11 Å². The molecule has 1 aromatic rings. The summed E-state index contributed by atoms with van der Waals surface area (Å²) in [5.74, 6) is -0.0125. The number of methoxy groups -OCH3 is 1. The van der Waals surface area contributed by atoms with Crippen molar-refractivity contribution in [3.63, 3.8) is 0 Å². The third-order valence-electron chi connectivity index (χ3n) is 4.28. The van der Waals surface area contributed by atoms with Crippen LogP contribution in [0.1, 0.15) is 12.0 Å².